The predicted molar refractivity (Wildman–Crippen MR) is 103 cm³/mol. The van der Waals surface area contributed by atoms with E-state index in [0.717, 1.165) is 57.7 Å². The Morgan fingerprint density at radius 3 is 2.67 bits per heavy atom. The van der Waals surface area contributed by atoms with E-state index >= 15 is 0 Å². The Morgan fingerprint density at radius 1 is 1.19 bits per heavy atom. The largest absolute Gasteiger partial charge is 0.381 e. The number of nitrogens with one attached hydrogen (secondary N) is 1. The average molecular weight is 372 g/mol. The molecule has 3 aliphatic heterocycles. The molecule has 27 heavy (non-hydrogen) atoms. The minimum absolute atomic E-state index is 0.0243. The summed E-state index contributed by atoms with van der Waals surface area (Å²) in [5.74, 6) is 1.18. The molecule has 2 saturated heterocycles. The Bertz CT molecular complexity index is 694. The van der Waals surface area contributed by atoms with Crippen molar-refractivity contribution in [3.05, 3.63) is 17.8 Å². The van der Waals surface area contributed by atoms with Gasteiger partial charge in [-0.05, 0) is 37.7 Å². The van der Waals surface area contributed by atoms with Crippen LogP contribution in [0.15, 0.2) is 12.3 Å². The van der Waals surface area contributed by atoms with Crippen molar-refractivity contribution in [1.29, 1.82) is 0 Å². The van der Waals surface area contributed by atoms with Crippen LogP contribution < -0.4 is 10.2 Å². The lowest BCUT2D eigenvalue weighted by atomic mass is 9.99. The van der Waals surface area contributed by atoms with E-state index in [0.29, 0.717) is 23.8 Å². The number of carbonyl (C=O) groups is 2. The second-order valence-corrected chi connectivity index (χ2v) is 7.71. The second-order valence-electron chi connectivity index (χ2n) is 7.71. The van der Waals surface area contributed by atoms with Gasteiger partial charge in [-0.15, -0.1) is 0 Å². The first-order chi connectivity index (χ1) is 13.2. The monoisotopic (exact) mass is 372 g/mol. The van der Waals surface area contributed by atoms with Gasteiger partial charge >= 0.3 is 0 Å². The Morgan fingerprint density at radius 2 is 1.93 bits per heavy atom. The van der Waals surface area contributed by atoms with Gasteiger partial charge in [0.25, 0.3) is 5.91 Å². The van der Waals surface area contributed by atoms with E-state index < -0.39 is 0 Å². The molecule has 7 nitrogen and oxygen atoms in total. The molecule has 2 amide bonds. The lowest BCUT2D eigenvalue weighted by Gasteiger charge is -2.34. The molecule has 0 unspecified atom stereocenters. The molecule has 4 rings (SSSR count). The first kappa shape index (κ1) is 18.2. The Hall–Kier alpha value is -2.15. The van der Waals surface area contributed by atoms with E-state index in [4.69, 9.17) is 4.74 Å². The molecule has 0 saturated carbocycles. The SMILES string of the molecule is O=C(c1cnc2c(c1)N(CC1CCOCC1)C(=O)CN2)N1CCCCCC1. The highest BCUT2D eigenvalue weighted by Gasteiger charge is 2.29. The van der Waals surface area contributed by atoms with Crippen LogP contribution in [0.2, 0.25) is 0 Å². The maximum atomic E-state index is 13.0. The second kappa shape index (κ2) is 8.25. The summed E-state index contributed by atoms with van der Waals surface area (Å²) in [4.78, 5) is 33.7. The molecule has 3 aliphatic rings. The van der Waals surface area contributed by atoms with Gasteiger partial charge in [0.2, 0.25) is 5.91 Å². The molecule has 0 bridgehead atoms. The van der Waals surface area contributed by atoms with E-state index in [2.05, 4.69) is 10.3 Å². The highest BCUT2D eigenvalue weighted by atomic mass is 16.5. The highest BCUT2D eigenvalue weighted by Crippen LogP contribution is 2.31. The molecular formula is C20H28N4O3. The van der Waals surface area contributed by atoms with E-state index in [1.807, 2.05) is 15.9 Å². The standard InChI is InChI=1S/C20H28N4O3/c25-18-13-22-19-17(24(18)14-15-5-9-27-10-6-15)11-16(12-21-19)20(26)23-7-3-1-2-4-8-23/h11-12,15H,1-10,13-14H2,(H,21,22). The third-order valence-corrected chi connectivity index (χ3v) is 5.79. The smallest absolute Gasteiger partial charge is 0.255 e. The van der Waals surface area contributed by atoms with Gasteiger partial charge in [0.15, 0.2) is 0 Å². The number of pyridine rings is 1. The third-order valence-electron chi connectivity index (χ3n) is 5.79. The molecule has 1 N–H and O–H groups in total. The Kier molecular flexibility index (Phi) is 5.57. The van der Waals surface area contributed by atoms with Crippen LogP contribution in [0.1, 0.15) is 48.9 Å². The zero-order valence-electron chi connectivity index (χ0n) is 15.8. The summed E-state index contributed by atoms with van der Waals surface area (Å²) in [5.41, 5.74) is 1.31. The van der Waals surface area contributed by atoms with Crippen molar-refractivity contribution in [3.8, 4) is 0 Å². The van der Waals surface area contributed by atoms with Gasteiger partial charge in [-0.1, -0.05) is 12.8 Å². The zero-order valence-corrected chi connectivity index (χ0v) is 15.8. The Labute approximate surface area is 160 Å². The normalized spacial score (nSPS) is 21.4. The minimum Gasteiger partial charge on any atom is -0.381 e. The topological polar surface area (TPSA) is 74.8 Å². The summed E-state index contributed by atoms with van der Waals surface area (Å²) >= 11 is 0. The van der Waals surface area contributed by atoms with Crippen molar-refractivity contribution >= 4 is 23.3 Å². The molecule has 0 atom stereocenters. The molecular weight excluding hydrogens is 344 g/mol. The number of aromatic nitrogens is 1. The number of nitrogens with zero attached hydrogens (tertiary/aromatic N) is 3. The van der Waals surface area contributed by atoms with E-state index in [1.54, 1.807) is 6.20 Å². The van der Waals surface area contributed by atoms with Gasteiger partial charge in [0.05, 0.1) is 17.8 Å². The molecule has 7 heteroatoms. The van der Waals surface area contributed by atoms with Gasteiger partial charge in [0.1, 0.15) is 5.82 Å². The molecule has 0 aliphatic carbocycles. The van der Waals surface area contributed by atoms with Crippen LogP contribution in [0.25, 0.3) is 0 Å². The quantitative estimate of drug-likeness (QED) is 0.881. The molecule has 1 aromatic rings. The molecule has 0 radical (unpaired) electrons. The molecule has 2 fully saturated rings. The summed E-state index contributed by atoms with van der Waals surface area (Å²) in [6.45, 7) is 4.04. The first-order valence-electron chi connectivity index (χ1n) is 10.1. The van der Waals surface area contributed by atoms with Crippen molar-refractivity contribution in [3.63, 3.8) is 0 Å². The number of hydrogen-bond acceptors (Lipinski definition) is 5. The summed E-state index contributed by atoms with van der Waals surface area (Å²) in [5, 5.41) is 3.08. The van der Waals surface area contributed by atoms with Gasteiger partial charge in [0, 0.05) is 39.0 Å². The lowest BCUT2D eigenvalue weighted by Crippen LogP contribution is -2.44. The van der Waals surface area contributed by atoms with Crippen molar-refractivity contribution in [2.75, 3.05) is 49.6 Å². The van der Waals surface area contributed by atoms with Crippen LogP contribution >= 0.6 is 0 Å². The molecule has 0 aromatic carbocycles. The number of rotatable bonds is 3. The van der Waals surface area contributed by atoms with Crippen LogP contribution in [-0.2, 0) is 9.53 Å². The zero-order chi connectivity index (χ0) is 18.6. The van der Waals surface area contributed by atoms with Crippen molar-refractivity contribution in [2.24, 2.45) is 5.92 Å². The first-order valence-corrected chi connectivity index (χ1v) is 10.1. The van der Waals surface area contributed by atoms with Crippen LogP contribution in [0.5, 0.6) is 0 Å². The van der Waals surface area contributed by atoms with Crippen LogP contribution in [0, 0.1) is 5.92 Å². The van der Waals surface area contributed by atoms with E-state index in [-0.39, 0.29) is 18.4 Å². The van der Waals surface area contributed by atoms with E-state index in [1.165, 1.54) is 12.8 Å². The van der Waals surface area contributed by atoms with E-state index in [9.17, 15) is 9.59 Å². The van der Waals surface area contributed by atoms with Crippen molar-refractivity contribution < 1.29 is 14.3 Å². The summed E-state index contributed by atoms with van der Waals surface area (Å²) in [7, 11) is 0. The maximum absolute atomic E-state index is 13.0. The van der Waals surface area contributed by atoms with Crippen LogP contribution in [0.3, 0.4) is 0 Å². The fourth-order valence-electron chi connectivity index (χ4n) is 4.14. The molecule has 4 heterocycles. The fraction of sp³-hybridized carbons (Fsp3) is 0.650. The van der Waals surface area contributed by atoms with Crippen molar-refractivity contribution in [2.45, 2.75) is 38.5 Å². The van der Waals surface area contributed by atoms with Crippen LogP contribution in [-0.4, -0.2) is 61.1 Å². The summed E-state index contributed by atoms with van der Waals surface area (Å²) < 4.78 is 5.43. The third kappa shape index (κ3) is 4.08. The number of carbonyl (C=O) groups excluding carboxylic acids is 2. The fourth-order valence-corrected chi connectivity index (χ4v) is 4.14. The number of likely N-dealkylation sites (tertiary alicyclic amines) is 1. The number of amides is 2. The number of hydrogen-bond donors (Lipinski definition) is 1. The summed E-state index contributed by atoms with van der Waals surface area (Å²) in [6, 6.07) is 1.85. The summed E-state index contributed by atoms with van der Waals surface area (Å²) in [6.07, 6.45) is 8.05. The number of ether oxygens (including phenoxy) is 1. The van der Waals surface area contributed by atoms with Gasteiger partial charge in [-0.2, -0.15) is 0 Å². The van der Waals surface area contributed by atoms with Gasteiger partial charge < -0.3 is 19.9 Å². The number of fused-ring (bicyclic) bond motifs is 1. The highest BCUT2D eigenvalue weighted by molar-refractivity contribution is 6.04. The molecule has 146 valence electrons. The minimum atomic E-state index is 0.0243. The predicted octanol–water partition coefficient (Wildman–Crippen LogP) is 2.28. The van der Waals surface area contributed by atoms with Gasteiger partial charge in [-0.3, -0.25) is 9.59 Å². The molecule has 0 spiro atoms. The lowest BCUT2D eigenvalue weighted by molar-refractivity contribution is -0.117. The van der Waals surface area contributed by atoms with Crippen LogP contribution in [0.4, 0.5) is 11.5 Å². The van der Waals surface area contributed by atoms with Crippen molar-refractivity contribution in [1.82, 2.24) is 9.88 Å². The van der Waals surface area contributed by atoms with Gasteiger partial charge in [-0.25, -0.2) is 4.98 Å². The average Bonchev–Trinajstić information content (AvgIpc) is 2.99. The Balaban J connectivity index is 1.56. The molecule has 1 aromatic heterocycles. The number of anilines is 2. The maximum Gasteiger partial charge on any atom is 0.255 e.